The summed E-state index contributed by atoms with van der Waals surface area (Å²) in [4.78, 5) is 0. The van der Waals surface area contributed by atoms with Crippen molar-refractivity contribution in [3.63, 3.8) is 0 Å². The summed E-state index contributed by atoms with van der Waals surface area (Å²) in [5.41, 5.74) is 0.387. The fraction of sp³-hybridized carbons (Fsp3) is 0.600. The van der Waals surface area contributed by atoms with E-state index in [0.717, 1.165) is 0 Å². The molecule has 1 atom stereocenters. The van der Waals surface area contributed by atoms with Gasteiger partial charge in [-0.05, 0) is 13.8 Å². The zero-order chi connectivity index (χ0) is 8.70. The Morgan fingerprint density at radius 1 is 1.27 bits per heavy atom. The van der Waals surface area contributed by atoms with Crippen LogP contribution in [0.5, 0.6) is 0 Å². The third-order valence-corrected chi connectivity index (χ3v) is 3.02. The van der Waals surface area contributed by atoms with Gasteiger partial charge in [0.1, 0.15) is 0 Å². The maximum absolute atomic E-state index is 9.94. The summed E-state index contributed by atoms with van der Waals surface area (Å²) in [7, 11) is 0. The van der Waals surface area contributed by atoms with E-state index < -0.39 is 5.60 Å². The second-order valence-electron chi connectivity index (χ2n) is 3.98. The van der Waals surface area contributed by atoms with Gasteiger partial charge < -0.3 is 5.11 Å². The molecular weight excluding hydrogens is 136 g/mol. The van der Waals surface area contributed by atoms with Gasteiger partial charge in [0, 0.05) is 5.41 Å². The zero-order valence-corrected chi connectivity index (χ0v) is 7.68. The van der Waals surface area contributed by atoms with Crippen LogP contribution in [-0.4, -0.2) is 10.7 Å². The van der Waals surface area contributed by atoms with Crippen LogP contribution < -0.4 is 0 Å². The predicted molar refractivity (Wildman–Crippen MR) is 47.3 cm³/mol. The maximum Gasteiger partial charge on any atom is 0.0890 e. The number of allylic oxidation sites excluding steroid dienone is 2. The Bertz CT molecular complexity index is 219. The highest BCUT2D eigenvalue weighted by atomic mass is 16.3. The molecule has 1 unspecified atom stereocenters. The fourth-order valence-electron chi connectivity index (χ4n) is 1.20. The van der Waals surface area contributed by atoms with Crippen LogP contribution in [0, 0.1) is 5.41 Å². The fourth-order valence-corrected chi connectivity index (χ4v) is 1.20. The monoisotopic (exact) mass is 152 g/mol. The molecule has 11 heavy (non-hydrogen) atoms. The van der Waals surface area contributed by atoms with E-state index in [1.54, 1.807) is 0 Å². The molecule has 1 aliphatic rings. The van der Waals surface area contributed by atoms with Crippen molar-refractivity contribution >= 4 is 0 Å². The maximum atomic E-state index is 9.94. The molecule has 0 radical (unpaired) electrons. The molecule has 0 heterocycles. The first kappa shape index (κ1) is 8.54. The molecule has 1 aliphatic carbocycles. The molecule has 0 saturated heterocycles. The van der Waals surface area contributed by atoms with Crippen LogP contribution in [0.2, 0.25) is 0 Å². The Hall–Kier alpha value is -0.560. The third-order valence-electron chi connectivity index (χ3n) is 3.02. The average Bonchev–Trinajstić information content (AvgIpc) is 1.84. The first-order valence-corrected chi connectivity index (χ1v) is 3.97. The summed E-state index contributed by atoms with van der Waals surface area (Å²) < 4.78 is 0. The molecule has 0 spiro atoms. The lowest BCUT2D eigenvalue weighted by molar-refractivity contribution is 0.0124. The first-order chi connectivity index (χ1) is 4.88. The van der Waals surface area contributed by atoms with Gasteiger partial charge in [-0.3, -0.25) is 0 Å². The Morgan fingerprint density at radius 2 is 1.82 bits per heavy atom. The lowest BCUT2D eigenvalue weighted by Gasteiger charge is -2.40. The summed E-state index contributed by atoms with van der Waals surface area (Å²) in [6.07, 6.45) is 5.82. The van der Waals surface area contributed by atoms with Gasteiger partial charge >= 0.3 is 0 Å². The van der Waals surface area contributed by atoms with E-state index in [-0.39, 0.29) is 5.41 Å². The van der Waals surface area contributed by atoms with E-state index in [1.807, 2.05) is 19.1 Å². The van der Waals surface area contributed by atoms with Gasteiger partial charge in [0.05, 0.1) is 5.60 Å². The van der Waals surface area contributed by atoms with Gasteiger partial charge in [-0.1, -0.05) is 37.6 Å². The molecule has 1 heteroatoms. The van der Waals surface area contributed by atoms with Gasteiger partial charge in [0.2, 0.25) is 0 Å². The topological polar surface area (TPSA) is 20.2 Å². The molecule has 0 saturated carbocycles. The average molecular weight is 152 g/mol. The van der Waals surface area contributed by atoms with Crippen molar-refractivity contribution in [2.45, 2.75) is 33.3 Å². The van der Waals surface area contributed by atoms with E-state index in [1.165, 1.54) is 5.57 Å². The molecule has 62 valence electrons. The van der Waals surface area contributed by atoms with E-state index in [0.29, 0.717) is 0 Å². The third kappa shape index (κ3) is 1.14. The van der Waals surface area contributed by atoms with Crippen molar-refractivity contribution in [1.29, 1.82) is 0 Å². The Labute approximate surface area is 68.4 Å². The lowest BCUT2D eigenvalue weighted by atomic mass is 9.69. The largest absolute Gasteiger partial charge is 0.385 e. The van der Waals surface area contributed by atoms with E-state index >= 15 is 0 Å². The quantitative estimate of drug-likeness (QED) is 0.564. The van der Waals surface area contributed by atoms with Crippen LogP contribution in [0.3, 0.4) is 0 Å². The van der Waals surface area contributed by atoms with Crippen LogP contribution in [0.4, 0.5) is 0 Å². The number of rotatable bonds is 0. The molecule has 0 aromatic heterocycles. The number of aliphatic hydroxyl groups is 1. The molecule has 0 bridgehead atoms. The minimum absolute atomic E-state index is 0.137. The van der Waals surface area contributed by atoms with E-state index in [2.05, 4.69) is 26.8 Å². The molecule has 0 amide bonds. The van der Waals surface area contributed by atoms with Crippen molar-refractivity contribution < 1.29 is 5.11 Å². The van der Waals surface area contributed by atoms with Crippen LogP contribution in [-0.2, 0) is 0 Å². The summed E-state index contributed by atoms with van der Waals surface area (Å²) >= 11 is 0. The van der Waals surface area contributed by atoms with Crippen LogP contribution in [0.15, 0.2) is 23.8 Å². The first-order valence-electron chi connectivity index (χ1n) is 3.97. The highest BCUT2D eigenvalue weighted by Crippen LogP contribution is 2.40. The summed E-state index contributed by atoms with van der Waals surface area (Å²) in [6.45, 7) is 8.02. The lowest BCUT2D eigenvalue weighted by Crippen LogP contribution is -2.42. The van der Waals surface area contributed by atoms with Gasteiger partial charge in [-0.2, -0.15) is 0 Å². The van der Waals surface area contributed by atoms with E-state index in [4.69, 9.17) is 0 Å². The normalized spacial score (nSPS) is 35.2. The molecule has 1 nitrogen and oxygen atoms in total. The van der Waals surface area contributed by atoms with Gasteiger partial charge in [0.25, 0.3) is 0 Å². The van der Waals surface area contributed by atoms with Crippen LogP contribution >= 0.6 is 0 Å². The molecule has 0 aliphatic heterocycles. The Balaban J connectivity index is 3.09. The second kappa shape index (κ2) is 2.21. The smallest absolute Gasteiger partial charge is 0.0890 e. The molecule has 0 aromatic rings. The standard InChI is InChI=1S/C10H16O/c1-8-6-5-7-10(4,11)9(8,2)3/h5-7,11H,1-4H3. The predicted octanol–water partition coefficient (Wildman–Crippen LogP) is 2.28. The second-order valence-corrected chi connectivity index (χ2v) is 3.98. The molecule has 1 rings (SSSR count). The summed E-state index contributed by atoms with van der Waals surface area (Å²) in [6, 6.07) is 0. The van der Waals surface area contributed by atoms with Crippen molar-refractivity contribution in [3.8, 4) is 0 Å². The van der Waals surface area contributed by atoms with Crippen molar-refractivity contribution in [2.24, 2.45) is 5.41 Å². The van der Waals surface area contributed by atoms with Crippen molar-refractivity contribution in [1.82, 2.24) is 0 Å². The van der Waals surface area contributed by atoms with E-state index in [9.17, 15) is 5.11 Å². The highest BCUT2D eigenvalue weighted by molar-refractivity contribution is 5.30. The minimum atomic E-state index is -0.703. The number of hydrogen-bond donors (Lipinski definition) is 1. The molecule has 1 N–H and O–H groups in total. The number of hydrogen-bond acceptors (Lipinski definition) is 1. The van der Waals surface area contributed by atoms with Crippen molar-refractivity contribution in [2.75, 3.05) is 0 Å². The molecular formula is C10H16O. The molecule has 0 fully saturated rings. The van der Waals surface area contributed by atoms with Gasteiger partial charge in [-0.15, -0.1) is 0 Å². The van der Waals surface area contributed by atoms with Gasteiger partial charge in [-0.25, -0.2) is 0 Å². The summed E-state index contributed by atoms with van der Waals surface area (Å²) in [5.74, 6) is 0. The SMILES string of the molecule is CC1=CC=CC(C)(O)C1(C)C. The highest BCUT2D eigenvalue weighted by Gasteiger charge is 2.39. The minimum Gasteiger partial charge on any atom is -0.385 e. The van der Waals surface area contributed by atoms with Crippen LogP contribution in [0.1, 0.15) is 27.7 Å². The zero-order valence-electron chi connectivity index (χ0n) is 7.68. The molecule has 0 aromatic carbocycles. The van der Waals surface area contributed by atoms with Gasteiger partial charge in [0.15, 0.2) is 0 Å². The van der Waals surface area contributed by atoms with Crippen LogP contribution in [0.25, 0.3) is 0 Å². The van der Waals surface area contributed by atoms with Crippen molar-refractivity contribution in [3.05, 3.63) is 23.8 Å². The Morgan fingerprint density at radius 3 is 2.18 bits per heavy atom. The summed E-state index contributed by atoms with van der Waals surface area (Å²) in [5, 5.41) is 9.94. The Kier molecular flexibility index (Phi) is 1.72.